The van der Waals surface area contributed by atoms with E-state index >= 15 is 0 Å². The number of likely N-dealkylation sites (N-methyl/N-ethyl adjacent to an activating group) is 1. The fourth-order valence-corrected chi connectivity index (χ4v) is 3.51. The number of piperidine rings is 1. The Morgan fingerprint density at radius 3 is 2.34 bits per heavy atom. The Balaban J connectivity index is 1.93. The van der Waals surface area contributed by atoms with Gasteiger partial charge in [-0.15, -0.1) is 0 Å². The maximum Gasteiger partial charge on any atom is 0.417 e. The maximum atomic E-state index is 12.8. The Kier molecular flexibility index (Phi) is 7.03. The van der Waals surface area contributed by atoms with Crippen LogP contribution in [0.25, 0.3) is 0 Å². The summed E-state index contributed by atoms with van der Waals surface area (Å²) in [5, 5.41) is 2.74. The third-order valence-electron chi connectivity index (χ3n) is 4.56. The van der Waals surface area contributed by atoms with E-state index in [2.05, 4.69) is 10.3 Å². The van der Waals surface area contributed by atoms with Crippen LogP contribution in [0, 0.1) is 5.92 Å². The van der Waals surface area contributed by atoms with Crippen LogP contribution in [0.2, 0.25) is 5.02 Å². The molecule has 162 valence electrons. The molecule has 1 aromatic rings. The fraction of sp³-hybridized carbons (Fsp3) is 0.632. The Labute approximate surface area is 173 Å². The van der Waals surface area contributed by atoms with Gasteiger partial charge in [0.05, 0.1) is 17.1 Å². The second-order valence-corrected chi connectivity index (χ2v) is 8.69. The zero-order valence-electron chi connectivity index (χ0n) is 16.9. The zero-order chi connectivity index (χ0) is 22.0. The molecule has 1 fully saturated rings. The van der Waals surface area contributed by atoms with E-state index in [1.807, 2.05) is 20.8 Å². The van der Waals surface area contributed by atoms with Crippen molar-refractivity contribution in [3.05, 3.63) is 22.8 Å². The Morgan fingerprint density at radius 2 is 1.86 bits per heavy atom. The summed E-state index contributed by atoms with van der Waals surface area (Å²) in [5.74, 6) is -0.331. The molecule has 29 heavy (non-hydrogen) atoms. The highest BCUT2D eigenvalue weighted by Gasteiger charge is 2.33. The lowest BCUT2D eigenvalue weighted by Crippen LogP contribution is -2.48. The number of carbonyl (C=O) groups is 2. The second-order valence-electron chi connectivity index (χ2n) is 8.28. The largest absolute Gasteiger partial charge is 0.417 e. The molecule has 0 atom stereocenters. The molecule has 1 aromatic heterocycles. The summed E-state index contributed by atoms with van der Waals surface area (Å²) in [6.45, 7) is 6.45. The first-order valence-electron chi connectivity index (χ1n) is 9.31. The highest BCUT2D eigenvalue weighted by atomic mass is 35.5. The van der Waals surface area contributed by atoms with Crippen molar-refractivity contribution in [3.8, 4) is 0 Å². The van der Waals surface area contributed by atoms with Gasteiger partial charge < -0.3 is 15.1 Å². The summed E-state index contributed by atoms with van der Waals surface area (Å²) in [5.41, 5.74) is -1.27. The van der Waals surface area contributed by atoms with Crippen LogP contribution >= 0.6 is 11.6 Å². The topological polar surface area (TPSA) is 65.5 Å². The fourth-order valence-electron chi connectivity index (χ4n) is 3.22. The summed E-state index contributed by atoms with van der Waals surface area (Å²) in [4.78, 5) is 31.7. The van der Waals surface area contributed by atoms with Gasteiger partial charge in [-0.2, -0.15) is 13.2 Å². The average Bonchev–Trinajstić information content (AvgIpc) is 2.58. The molecule has 10 heteroatoms. The van der Waals surface area contributed by atoms with Crippen LogP contribution in [-0.4, -0.2) is 53.9 Å². The van der Waals surface area contributed by atoms with Crippen LogP contribution in [0.5, 0.6) is 0 Å². The minimum absolute atomic E-state index is 0.0252. The zero-order valence-corrected chi connectivity index (χ0v) is 17.7. The number of carbonyl (C=O) groups excluding carboxylic acids is 2. The van der Waals surface area contributed by atoms with Crippen LogP contribution in [0.4, 0.5) is 19.0 Å². The van der Waals surface area contributed by atoms with Crippen molar-refractivity contribution in [3.63, 3.8) is 0 Å². The van der Waals surface area contributed by atoms with E-state index in [0.717, 1.165) is 12.3 Å². The molecule has 0 saturated carbocycles. The number of amides is 2. The van der Waals surface area contributed by atoms with E-state index in [9.17, 15) is 22.8 Å². The first kappa shape index (κ1) is 23.3. The molecule has 1 aliphatic heterocycles. The molecule has 0 aliphatic carbocycles. The number of aromatic nitrogens is 1. The van der Waals surface area contributed by atoms with Crippen molar-refractivity contribution in [2.75, 3.05) is 31.6 Å². The third-order valence-corrected chi connectivity index (χ3v) is 4.84. The standard InChI is InChI=1S/C19H26ClF3N4O2/c1-18(2,3)25-15(28)11-26(4)17(29)12-5-7-27(8-6-12)16-14(20)9-13(10-24-16)19(21,22)23/h9-10,12H,5-8,11H2,1-4H3,(H,25,28). The predicted molar refractivity (Wildman–Crippen MR) is 105 cm³/mol. The molecule has 0 unspecified atom stereocenters. The Bertz CT molecular complexity index is 757. The number of alkyl halides is 3. The molecule has 0 bridgehead atoms. The van der Waals surface area contributed by atoms with Gasteiger partial charge in [0.25, 0.3) is 0 Å². The quantitative estimate of drug-likeness (QED) is 0.789. The number of hydrogen-bond donors (Lipinski definition) is 1. The lowest BCUT2D eigenvalue weighted by molar-refractivity contribution is -0.139. The number of rotatable bonds is 4. The van der Waals surface area contributed by atoms with Crippen molar-refractivity contribution in [2.45, 2.75) is 45.3 Å². The predicted octanol–water partition coefficient (Wildman–Crippen LogP) is 3.34. The number of nitrogens with zero attached hydrogens (tertiary/aromatic N) is 3. The number of nitrogens with one attached hydrogen (secondary N) is 1. The Morgan fingerprint density at radius 1 is 1.28 bits per heavy atom. The number of hydrogen-bond acceptors (Lipinski definition) is 4. The van der Waals surface area contributed by atoms with Crippen molar-refractivity contribution >= 4 is 29.2 Å². The number of halogens is 4. The molecule has 0 spiro atoms. The monoisotopic (exact) mass is 434 g/mol. The lowest BCUT2D eigenvalue weighted by Gasteiger charge is -2.34. The highest BCUT2D eigenvalue weighted by molar-refractivity contribution is 6.33. The summed E-state index contributed by atoms with van der Waals surface area (Å²) in [6.07, 6.45) is -2.73. The first-order chi connectivity index (χ1) is 13.3. The van der Waals surface area contributed by atoms with E-state index in [4.69, 9.17) is 11.6 Å². The molecule has 1 N–H and O–H groups in total. The molecule has 2 heterocycles. The van der Waals surface area contributed by atoms with Gasteiger partial charge in [0, 0.05) is 37.8 Å². The van der Waals surface area contributed by atoms with E-state index in [-0.39, 0.29) is 40.7 Å². The molecule has 6 nitrogen and oxygen atoms in total. The van der Waals surface area contributed by atoms with E-state index < -0.39 is 11.7 Å². The van der Waals surface area contributed by atoms with Crippen LogP contribution < -0.4 is 10.2 Å². The van der Waals surface area contributed by atoms with Gasteiger partial charge in [-0.25, -0.2) is 4.98 Å². The van der Waals surface area contributed by atoms with Crippen molar-refractivity contribution in [2.24, 2.45) is 5.92 Å². The van der Waals surface area contributed by atoms with Gasteiger partial charge in [0.2, 0.25) is 11.8 Å². The van der Waals surface area contributed by atoms with Gasteiger partial charge in [-0.3, -0.25) is 9.59 Å². The highest BCUT2D eigenvalue weighted by Crippen LogP contribution is 2.34. The van der Waals surface area contributed by atoms with Gasteiger partial charge in [0.15, 0.2) is 0 Å². The molecule has 2 rings (SSSR count). The number of pyridine rings is 1. The lowest BCUT2D eigenvalue weighted by atomic mass is 9.95. The van der Waals surface area contributed by atoms with Crippen molar-refractivity contribution in [1.29, 1.82) is 0 Å². The van der Waals surface area contributed by atoms with E-state index in [1.54, 1.807) is 11.9 Å². The van der Waals surface area contributed by atoms with Gasteiger partial charge in [0.1, 0.15) is 5.82 Å². The molecule has 0 aromatic carbocycles. The molecule has 1 saturated heterocycles. The molecule has 0 radical (unpaired) electrons. The summed E-state index contributed by atoms with van der Waals surface area (Å²) in [7, 11) is 1.59. The molecule has 2 amide bonds. The summed E-state index contributed by atoms with van der Waals surface area (Å²) >= 11 is 6.00. The average molecular weight is 435 g/mol. The van der Waals surface area contributed by atoms with Crippen molar-refractivity contribution < 1.29 is 22.8 Å². The van der Waals surface area contributed by atoms with Crippen LogP contribution in [0.1, 0.15) is 39.2 Å². The Hall–Kier alpha value is -2.03. The minimum atomic E-state index is -4.50. The number of anilines is 1. The molecular formula is C19H26ClF3N4O2. The van der Waals surface area contributed by atoms with Crippen LogP contribution in [0.15, 0.2) is 12.3 Å². The summed E-state index contributed by atoms with van der Waals surface area (Å²) in [6, 6.07) is 0.864. The van der Waals surface area contributed by atoms with E-state index in [0.29, 0.717) is 25.9 Å². The van der Waals surface area contributed by atoms with E-state index in [1.165, 1.54) is 4.90 Å². The van der Waals surface area contributed by atoms with Crippen molar-refractivity contribution in [1.82, 2.24) is 15.2 Å². The third kappa shape index (κ3) is 6.48. The maximum absolute atomic E-state index is 12.8. The SMILES string of the molecule is CN(CC(=O)NC(C)(C)C)C(=O)C1CCN(c2ncc(C(F)(F)F)cc2Cl)CC1. The normalized spacial score (nSPS) is 15.9. The minimum Gasteiger partial charge on any atom is -0.355 e. The molecular weight excluding hydrogens is 409 g/mol. The van der Waals surface area contributed by atoms with Crippen LogP contribution in [0.3, 0.4) is 0 Å². The summed E-state index contributed by atoms with van der Waals surface area (Å²) < 4.78 is 38.3. The first-order valence-corrected chi connectivity index (χ1v) is 9.69. The molecule has 1 aliphatic rings. The smallest absolute Gasteiger partial charge is 0.355 e. The van der Waals surface area contributed by atoms with Gasteiger partial charge in [-0.05, 0) is 39.7 Å². The van der Waals surface area contributed by atoms with Gasteiger partial charge >= 0.3 is 6.18 Å². The second kappa shape index (κ2) is 8.77. The van der Waals surface area contributed by atoms with Crippen LogP contribution in [-0.2, 0) is 15.8 Å². The van der Waals surface area contributed by atoms with Gasteiger partial charge in [-0.1, -0.05) is 11.6 Å².